The summed E-state index contributed by atoms with van der Waals surface area (Å²) in [5.41, 5.74) is 3.49. The normalized spacial score (nSPS) is 10.9. The van der Waals surface area contributed by atoms with E-state index in [1.54, 1.807) is 23.6 Å². The number of nitrogens with zero attached hydrogens (tertiary/aromatic N) is 3. The van der Waals surface area contributed by atoms with Gasteiger partial charge in [0.2, 0.25) is 11.8 Å². The Morgan fingerprint density at radius 1 is 1.14 bits per heavy atom. The van der Waals surface area contributed by atoms with Crippen LogP contribution in [-0.2, 0) is 28.4 Å². The lowest BCUT2D eigenvalue weighted by molar-refractivity contribution is -0.129. The number of hydrogen-bond acceptors (Lipinski definition) is 4. The quantitative estimate of drug-likeness (QED) is 0.611. The van der Waals surface area contributed by atoms with E-state index in [-0.39, 0.29) is 18.4 Å². The molecule has 0 atom stereocenters. The lowest BCUT2D eigenvalue weighted by atomic mass is 10.1. The monoisotopic (exact) mass is 410 g/mol. The fourth-order valence-electron chi connectivity index (χ4n) is 3.31. The van der Waals surface area contributed by atoms with Gasteiger partial charge in [0.1, 0.15) is 12.4 Å². The number of carbonyl (C=O) groups is 2. The first-order valence-electron chi connectivity index (χ1n) is 9.59. The molecule has 29 heavy (non-hydrogen) atoms. The molecule has 6 nitrogen and oxygen atoms in total. The molecule has 0 aliphatic heterocycles. The van der Waals surface area contributed by atoms with Crippen molar-refractivity contribution >= 4 is 40.3 Å². The molecule has 7 heteroatoms. The molecular weight excluding hydrogens is 384 g/mol. The summed E-state index contributed by atoms with van der Waals surface area (Å²) in [4.78, 5) is 31.1. The van der Waals surface area contributed by atoms with Crippen LogP contribution in [0.5, 0.6) is 0 Å². The number of hydrogen-bond donors (Lipinski definition) is 1. The summed E-state index contributed by atoms with van der Waals surface area (Å²) in [5, 5.41) is 3.02. The molecule has 0 saturated heterocycles. The number of anilines is 1. The molecule has 1 aromatic heterocycles. The van der Waals surface area contributed by atoms with Crippen LogP contribution in [0, 0.1) is 0 Å². The minimum absolute atomic E-state index is 0.0141. The highest BCUT2D eigenvalue weighted by Crippen LogP contribution is 2.21. The number of para-hydroxylation sites is 3. The van der Waals surface area contributed by atoms with Crippen molar-refractivity contribution in [2.24, 2.45) is 0 Å². The molecule has 1 heterocycles. The highest BCUT2D eigenvalue weighted by atomic mass is 32.2. The summed E-state index contributed by atoms with van der Waals surface area (Å²) in [5.74, 6) is 1.52. The molecule has 0 unspecified atom stereocenters. The van der Waals surface area contributed by atoms with Crippen LogP contribution in [0.1, 0.15) is 25.2 Å². The van der Waals surface area contributed by atoms with E-state index in [4.69, 9.17) is 0 Å². The van der Waals surface area contributed by atoms with Crippen molar-refractivity contribution in [1.82, 2.24) is 14.5 Å². The number of benzene rings is 2. The third-order valence-electron chi connectivity index (χ3n) is 4.79. The van der Waals surface area contributed by atoms with Crippen molar-refractivity contribution in [2.75, 3.05) is 18.1 Å². The third kappa shape index (κ3) is 4.98. The third-order valence-corrected chi connectivity index (χ3v) is 5.34. The number of nitrogens with one attached hydrogen (secondary N) is 1. The average Bonchev–Trinajstić information content (AvgIpc) is 3.04. The molecular formula is C22H26N4O2S. The summed E-state index contributed by atoms with van der Waals surface area (Å²) in [6.07, 6.45) is 2.02. The van der Waals surface area contributed by atoms with E-state index in [1.165, 1.54) is 0 Å². The van der Waals surface area contributed by atoms with E-state index in [1.807, 2.05) is 66.3 Å². The minimum atomic E-state index is -0.117. The van der Waals surface area contributed by atoms with Gasteiger partial charge in [0.15, 0.2) is 0 Å². The summed E-state index contributed by atoms with van der Waals surface area (Å²) in [7, 11) is 0. The summed E-state index contributed by atoms with van der Waals surface area (Å²) < 4.78 is 1.97. The second-order valence-corrected chi connectivity index (χ2v) is 7.64. The van der Waals surface area contributed by atoms with E-state index >= 15 is 0 Å². The van der Waals surface area contributed by atoms with E-state index < -0.39 is 0 Å². The van der Waals surface area contributed by atoms with Gasteiger partial charge < -0.3 is 14.8 Å². The summed E-state index contributed by atoms with van der Waals surface area (Å²) in [6.45, 7) is 4.78. The molecule has 0 radical (unpaired) electrons. The van der Waals surface area contributed by atoms with E-state index in [9.17, 15) is 9.59 Å². The molecule has 0 aliphatic rings. The van der Waals surface area contributed by atoms with Gasteiger partial charge in [-0.1, -0.05) is 30.3 Å². The molecule has 1 N–H and O–H groups in total. The topological polar surface area (TPSA) is 67.2 Å². The first-order chi connectivity index (χ1) is 14.0. The van der Waals surface area contributed by atoms with Crippen LogP contribution in [0.2, 0.25) is 0 Å². The Balaban J connectivity index is 1.81. The fourth-order valence-corrected chi connectivity index (χ4v) is 3.78. The molecule has 0 bridgehead atoms. The maximum absolute atomic E-state index is 12.9. The van der Waals surface area contributed by atoms with Gasteiger partial charge in [-0.2, -0.15) is 11.8 Å². The Bertz CT molecular complexity index is 1010. The average molecular weight is 411 g/mol. The van der Waals surface area contributed by atoms with Crippen LogP contribution >= 0.6 is 11.8 Å². The second-order valence-electron chi connectivity index (χ2n) is 6.77. The van der Waals surface area contributed by atoms with Crippen LogP contribution in [0.3, 0.4) is 0 Å². The Morgan fingerprint density at radius 3 is 2.59 bits per heavy atom. The standard InChI is InChI=1S/C22H26N4O2S/c1-4-25(16(2)27)13-17-9-5-6-10-18(17)24-22(28)14-26-20-12-8-7-11-19(20)23-21(26)15-29-3/h5-12H,4,13-15H2,1-3H3,(H,24,28). The van der Waals surface area contributed by atoms with E-state index in [0.29, 0.717) is 13.1 Å². The van der Waals surface area contributed by atoms with Gasteiger partial charge >= 0.3 is 0 Å². The highest BCUT2D eigenvalue weighted by molar-refractivity contribution is 7.97. The van der Waals surface area contributed by atoms with Gasteiger partial charge in [-0.05, 0) is 36.9 Å². The maximum atomic E-state index is 12.9. The van der Waals surface area contributed by atoms with Crippen LogP contribution in [-0.4, -0.2) is 39.1 Å². The number of amides is 2. The van der Waals surface area contributed by atoms with Crippen LogP contribution in [0.15, 0.2) is 48.5 Å². The van der Waals surface area contributed by atoms with Crippen molar-refractivity contribution in [3.8, 4) is 0 Å². The van der Waals surface area contributed by atoms with Gasteiger partial charge in [0.05, 0.1) is 16.8 Å². The zero-order valence-corrected chi connectivity index (χ0v) is 17.8. The SMILES string of the molecule is CCN(Cc1ccccc1NC(=O)Cn1c(CSC)nc2ccccc21)C(C)=O. The van der Waals surface area contributed by atoms with Gasteiger partial charge in [0.25, 0.3) is 0 Å². The minimum Gasteiger partial charge on any atom is -0.339 e. The van der Waals surface area contributed by atoms with E-state index in [2.05, 4.69) is 10.3 Å². The smallest absolute Gasteiger partial charge is 0.244 e. The molecule has 2 amide bonds. The van der Waals surface area contributed by atoms with Crippen LogP contribution < -0.4 is 5.32 Å². The Hall–Kier alpha value is -2.80. The zero-order chi connectivity index (χ0) is 20.8. The largest absolute Gasteiger partial charge is 0.339 e. The van der Waals surface area contributed by atoms with Crippen molar-refractivity contribution in [3.63, 3.8) is 0 Å². The lowest BCUT2D eigenvalue weighted by Crippen LogP contribution is -2.28. The summed E-state index contributed by atoms with van der Waals surface area (Å²) in [6, 6.07) is 15.5. The number of carbonyl (C=O) groups excluding carboxylic acids is 2. The van der Waals surface area contributed by atoms with Crippen molar-refractivity contribution in [3.05, 3.63) is 59.9 Å². The molecule has 0 spiro atoms. The molecule has 3 aromatic rings. The number of thioether (sulfide) groups is 1. The van der Waals surface area contributed by atoms with Crippen LogP contribution in [0.4, 0.5) is 5.69 Å². The first-order valence-corrected chi connectivity index (χ1v) is 11.0. The second kappa shape index (κ2) is 9.60. The van der Waals surface area contributed by atoms with E-state index in [0.717, 1.165) is 33.9 Å². The Kier molecular flexibility index (Phi) is 6.93. The number of fused-ring (bicyclic) bond motifs is 1. The number of rotatable bonds is 8. The zero-order valence-electron chi connectivity index (χ0n) is 17.0. The van der Waals surface area contributed by atoms with Gasteiger partial charge in [0, 0.05) is 25.7 Å². The Labute approximate surface area is 175 Å². The van der Waals surface area contributed by atoms with Crippen molar-refractivity contribution in [1.29, 1.82) is 0 Å². The lowest BCUT2D eigenvalue weighted by Gasteiger charge is -2.21. The molecule has 152 valence electrons. The predicted octanol–water partition coefficient (Wildman–Crippen LogP) is 3.91. The maximum Gasteiger partial charge on any atom is 0.244 e. The summed E-state index contributed by atoms with van der Waals surface area (Å²) >= 11 is 1.68. The number of imidazole rings is 1. The van der Waals surface area contributed by atoms with Gasteiger partial charge in [-0.25, -0.2) is 4.98 Å². The number of aromatic nitrogens is 2. The molecule has 0 fully saturated rings. The van der Waals surface area contributed by atoms with Crippen molar-refractivity contribution in [2.45, 2.75) is 32.7 Å². The highest BCUT2D eigenvalue weighted by Gasteiger charge is 2.15. The van der Waals surface area contributed by atoms with Crippen molar-refractivity contribution < 1.29 is 9.59 Å². The van der Waals surface area contributed by atoms with Crippen LogP contribution in [0.25, 0.3) is 11.0 Å². The molecule has 0 saturated carbocycles. The Morgan fingerprint density at radius 2 is 1.86 bits per heavy atom. The predicted molar refractivity (Wildman–Crippen MR) is 119 cm³/mol. The van der Waals surface area contributed by atoms with Gasteiger partial charge in [-0.3, -0.25) is 9.59 Å². The molecule has 2 aromatic carbocycles. The first kappa shape index (κ1) is 20.9. The van der Waals surface area contributed by atoms with Gasteiger partial charge in [-0.15, -0.1) is 0 Å². The fraction of sp³-hybridized carbons (Fsp3) is 0.318. The molecule has 3 rings (SSSR count). The molecule has 0 aliphatic carbocycles.